The molecule has 0 radical (unpaired) electrons. The van der Waals surface area contributed by atoms with E-state index in [1.807, 2.05) is 0 Å². The Hall–Kier alpha value is -0.0800. The predicted octanol–water partition coefficient (Wildman–Crippen LogP) is 3.47. The highest BCUT2D eigenvalue weighted by Gasteiger charge is 2.34. The van der Waals surface area contributed by atoms with Gasteiger partial charge in [-0.15, -0.1) is 0 Å². The van der Waals surface area contributed by atoms with Gasteiger partial charge in [-0.25, -0.2) is 0 Å². The van der Waals surface area contributed by atoms with Crippen LogP contribution < -0.4 is 5.32 Å². The molecule has 0 heterocycles. The van der Waals surface area contributed by atoms with Crippen LogP contribution >= 0.6 is 0 Å². The van der Waals surface area contributed by atoms with E-state index in [-0.39, 0.29) is 0 Å². The molecule has 0 aromatic carbocycles. The lowest BCUT2D eigenvalue weighted by Crippen LogP contribution is -2.38. The molecule has 2 heteroatoms. The molecule has 2 atom stereocenters. The smallest absolute Gasteiger partial charge is 0.0497 e. The van der Waals surface area contributed by atoms with Crippen molar-refractivity contribution in [3.63, 3.8) is 0 Å². The summed E-state index contributed by atoms with van der Waals surface area (Å²) in [5.41, 5.74) is 0.517. The molecule has 0 saturated heterocycles. The number of hydrogen-bond acceptors (Lipinski definition) is 2. The fourth-order valence-corrected chi connectivity index (χ4v) is 2.96. The number of nitrogens with one attached hydrogen (secondary N) is 1. The number of rotatable bonds is 7. The van der Waals surface area contributed by atoms with Gasteiger partial charge in [0.25, 0.3) is 0 Å². The molecule has 2 nitrogen and oxygen atoms in total. The van der Waals surface area contributed by atoms with Gasteiger partial charge in [-0.05, 0) is 56.0 Å². The quantitative estimate of drug-likeness (QED) is 0.689. The van der Waals surface area contributed by atoms with Crippen molar-refractivity contribution in [1.82, 2.24) is 5.32 Å². The average Bonchev–Trinajstić information content (AvgIpc) is 2.27. The van der Waals surface area contributed by atoms with Crippen LogP contribution in [0.5, 0.6) is 0 Å². The zero-order valence-corrected chi connectivity index (χ0v) is 12.2. The van der Waals surface area contributed by atoms with Crippen molar-refractivity contribution in [2.24, 2.45) is 17.3 Å². The van der Waals surface area contributed by atoms with Crippen LogP contribution in [0.25, 0.3) is 0 Å². The summed E-state index contributed by atoms with van der Waals surface area (Å²) >= 11 is 0. The second kappa shape index (κ2) is 7.38. The van der Waals surface area contributed by atoms with Crippen molar-refractivity contribution >= 4 is 0 Å². The first-order chi connectivity index (χ1) is 8.09. The first-order valence-electron chi connectivity index (χ1n) is 7.37. The summed E-state index contributed by atoms with van der Waals surface area (Å²) in [4.78, 5) is 0. The highest BCUT2D eigenvalue weighted by molar-refractivity contribution is 4.85. The van der Waals surface area contributed by atoms with E-state index in [1.54, 1.807) is 0 Å². The summed E-state index contributed by atoms with van der Waals surface area (Å²) in [6.07, 6.45) is 5.19. The molecule has 1 rings (SSSR count). The third-order valence-electron chi connectivity index (χ3n) is 4.01. The van der Waals surface area contributed by atoms with Gasteiger partial charge in [0.05, 0.1) is 0 Å². The monoisotopic (exact) mass is 241 g/mol. The molecular weight excluding hydrogens is 210 g/mol. The molecule has 1 N–H and O–H groups in total. The Bertz CT molecular complexity index is 203. The molecule has 0 aliphatic heterocycles. The molecule has 17 heavy (non-hydrogen) atoms. The molecule has 0 amide bonds. The second-order valence-corrected chi connectivity index (χ2v) is 6.31. The maximum absolute atomic E-state index is 5.80. The first kappa shape index (κ1) is 15.0. The second-order valence-electron chi connectivity index (χ2n) is 6.31. The van der Waals surface area contributed by atoms with Gasteiger partial charge in [-0.3, -0.25) is 0 Å². The van der Waals surface area contributed by atoms with Crippen LogP contribution in [0.15, 0.2) is 0 Å². The molecule has 0 bridgehead atoms. The Kier molecular flexibility index (Phi) is 6.50. The summed E-state index contributed by atoms with van der Waals surface area (Å²) < 4.78 is 5.80. The van der Waals surface area contributed by atoms with E-state index < -0.39 is 0 Å². The fourth-order valence-electron chi connectivity index (χ4n) is 2.96. The zero-order chi connectivity index (χ0) is 12.7. The van der Waals surface area contributed by atoms with E-state index in [4.69, 9.17) is 4.74 Å². The largest absolute Gasteiger partial charge is 0.381 e. The van der Waals surface area contributed by atoms with Gasteiger partial charge in [0.2, 0.25) is 0 Å². The highest BCUT2D eigenvalue weighted by Crippen LogP contribution is 2.41. The zero-order valence-electron chi connectivity index (χ0n) is 12.2. The highest BCUT2D eigenvalue weighted by atomic mass is 16.5. The van der Waals surface area contributed by atoms with Crippen molar-refractivity contribution < 1.29 is 4.74 Å². The molecule has 2 unspecified atom stereocenters. The van der Waals surface area contributed by atoms with Gasteiger partial charge >= 0.3 is 0 Å². The maximum atomic E-state index is 5.80. The summed E-state index contributed by atoms with van der Waals surface area (Å²) in [5.74, 6) is 1.57. The van der Waals surface area contributed by atoms with Gasteiger partial charge in [-0.1, -0.05) is 27.7 Å². The Balaban J connectivity index is 2.43. The van der Waals surface area contributed by atoms with Gasteiger partial charge in [0, 0.05) is 13.2 Å². The van der Waals surface area contributed by atoms with Crippen LogP contribution in [0, 0.1) is 17.3 Å². The van der Waals surface area contributed by atoms with Crippen molar-refractivity contribution in [3.8, 4) is 0 Å². The molecule has 1 aliphatic rings. The Labute approximate surface area is 108 Å². The normalized spacial score (nSPS) is 28.2. The summed E-state index contributed by atoms with van der Waals surface area (Å²) in [6, 6.07) is 0. The van der Waals surface area contributed by atoms with Crippen LogP contribution in [0.2, 0.25) is 0 Å². The van der Waals surface area contributed by atoms with Crippen molar-refractivity contribution in [2.45, 2.75) is 53.4 Å². The van der Waals surface area contributed by atoms with Crippen molar-refractivity contribution in [2.75, 3.05) is 26.3 Å². The fraction of sp³-hybridized carbons (Fsp3) is 1.00. The molecule has 1 saturated carbocycles. The SMILES string of the molecule is CCCOCC1CC(C)(C)CCC1CNCC. The summed E-state index contributed by atoms with van der Waals surface area (Å²) in [7, 11) is 0. The van der Waals surface area contributed by atoms with E-state index in [9.17, 15) is 0 Å². The van der Waals surface area contributed by atoms with Gasteiger partial charge in [0.15, 0.2) is 0 Å². The summed E-state index contributed by atoms with van der Waals surface area (Å²) in [5, 5.41) is 3.51. The lowest BCUT2D eigenvalue weighted by atomic mass is 9.67. The van der Waals surface area contributed by atoms with Crippen LogP contribution in [-0.2, 0) is 4.74 Å². The van der Waals surface area contributed by atoms with Gasteiger partial charge < -0.3 is 10.1 Å². The topological polar surface area (TPSA) is 21.3 Å². The van der Waals surface area contributed by atoms with Crippen LogP contribution in [-0.4, -0.2) is 26.3 Å². The van der Waals surface area contributed by atoms with Gasteiger partial charge in [0.1, 0.15) is 0 Å². The van der Waals surface area contributed by atoms with E-state index in [1.165, 1.54) is 25.8 Å². The Morgan fingerprint density at radius 1 is 1.24 bits per heavy atom. The lowest BCUT2D eigenvalue weighted by molar-refractivity contribution is 0.0252. The number of ether oxygens (including phenoxy) is 1. The van der Waals surface area contributed by atoms with E-state index in [2.05, 4.69) is 33.0 Å². The third-order valence-corrected chi connectivity index (χ3v) is 4.01. The maximum Gasteiger partial charge on any atom is 0.0497 e. The standard InChI is InChI=1S/C15H31NO/c1-5-9-17-12-14-10-15(3,4)8-7-13(14)11-16-6-2/h13-14,16H,5-12H2,1-4H3. The van der Waals surface area contributed by atoms with Crippen molar-refractivity contribution in [3.05, 3.63) is 0 Å². The minimum absolute atomic E-state index is 0.517. The minimum atomic E-state index is 0.517. The van der Waals surface area contributed by atoms with Crippen LogP contribution in [0.1, 0.15) is 53.4 Å². The molecule has 1 aliphatic carbocycles. The molecule has 0 aromatic heterocycles. The predicted molar refractivity (Wildman–Crippen MR) is 74.3 cm³/mol. The van der Waals surface area contributed by atoms with Crippen molar-refractivity contribution in [1.29, 1.82) is 0 Å². The first-order valence-corrected chi connectivity index (χ1v) is 7.37. The summed E-state index contributed by atoms with van der Waals surface area (Å²) in [6.45, 7) is 13.3. The lowest BCUT2D eigenvalue weighted by Gasteiger charge is -2.41. The van der Waals surface area contributed by atoms with E-state index in [0.717, 1.165) is 38.0 Å². The van der Waals surface area contributed by atoms with Crippen LogP contribution in [0.4, 0.5) is 0 Å². The minimum Gasteiger partial charge on any atom is -0.381 e. The Morgan fingerprint density at radius 2 is 2.00 bits per heavy atom. The van der Waals surface area contributed by atoms with Crippen LogP contribution in [0.3, 0.4) is 0 Å². The third kappa shape index (κ3) is 5.39. The molecule has 0 spiro atoms. The molecule has 0 aromatic rings. The van der Waals surface area contributed by atoms with E-state index in [0.29, 0.717) is 5.41 Å². The van der Waals surface area contributed by atoms with Gasteiger partial charge in [-0.2, -0.15) is 0 Å². The van der Waals surface area contributed by atoms with E-state index >= 15 is 0 Å². The Morgan fingerprint density at radius 3 is 2.65 bits per heavy atom. The molecule has 102 valence electrons. The molecular formula is C15H31NO. The average molecular weight is 241 g/mol. The molecule has 1 fully saturated rings. The number of hydrogen-bond donors (Lipinski definition) is 1.